The minimum absolute atomic E-state index is 0.0625. The lowest BCUT2D eigenvalue weighted by Gasteiger charge is -2.13. The molecular formula is C15H18F3N3O3. The molecule has 0 radical (unpaired) electrons. The SMILES string of the molecule is Cc1cc(Cn2nccc2CC(O)CO)cnc1OCC(F)(F)F. The Labute approximate surface area is 136 Å². The summed E-state index contributed by atoms with van der Waals surface area (Å²) in [6.45, 7) is 0.217. The largest absolute Gasteiger partial charge is 0.468 e. The van der Waals surface area contributed by atoms with Crippen molar-refractivity contribution < 1.29 is 28.1 Å². The third-order valence-corrected chi connectivity index (χ3v) is 3.25. The number of aryl methyl sites for hydroxylation is 1. The van der Waals surface area contributed by atoms with Gasteiger partial charge >= 0.3 is 6.18 Å². The molecule has 2 rings (SSSR count). The number of halogens is 3. The summed E-state index contributed by atoms with van der Waals surface area (Å²) in [6.07, 6.45) is -2.05. The van der Waals surface area contributed by atoms with E-state index >= 15 is 0 Å². The predicted molar refractivity (Wildman–Crippen MR) is 78.6 cm³/mol. The summed E-state index contributed by atoms with van der Waals surface area (Å²) >= 11 is 0. The van der Waals surface area contributed by atoms with Crippen molar-refractivity contribution in [3.8, 4) is 5.88 Å². The van der Waals surface area contributed by atoms with Crippen molar-refractivity contribution >= 4 is 0 Å². The van der Waals surface area contributed by atoms with Crippen LogP contribution in [0.1, 0.15) is 16.8 Å². The van der Waals surface area contributed by atoms with E-state index in [1.807, 2.05) is 0 Å². The van der Waals surface area contributed by atoms with E-state index in [0.717, 1.165) is 11.3 Å². The highest BCUT2D eigenvalue weighted by molar-refractivity contribution is 5.29. The van der Waals surface area contributed by atoms with Crippen LogP contribution in [0.5, 0.6) is 5.88 Å². The van der Waals surface area contributed by atoms with Gasteiger partial charge in [0, 0.05) is 30.1 Å². The molecular weight excluding hydrogens is 327 g/mol. The van der Waals surface area contributed by atoms with E-state index in [0.29, 0.717) is 12.1 Å². The molecule has 132 valence electrons. The van der Waals surface area contributed by atoms with Gasteiger partial charge < -0.3 is 14.9 Å². The molecule has 0 spiro atoms. The number of pyridine rings is 1. The van der Waals surface area contributed by atoms with Crippen LogP contribution in [0.15, 0.2) is 24.5 Å². The van der Waals surface area contributed by atoms with Crippen molar-refractivity contribution in [2.24, 2.45) is 0 Å². The molecule has 1 atom stereocenters. The average molecular weight is 345 g/mol. The van der Waals surface area contributed by atoms with Crippen molar-refractivity contribution in [3.05, 3.63) is 41.3 Å². The van der Waals surface area contributed by atoms with Crippen molar-refractivity contribution in [3.63, 3.8) is 0 Å². The molecule has 2 aromatic rings. The molecule has 2 aromatic heterocycles. The Morgan fingerprint density at radius 2 is 2.12 bits per heavy atom. The highest BCUT2D eigenvalue weighted by Gasteiger charge is 2.29. The van der Waals surface area contributed by atoms with Crippen LogP contribution in [0.25, 0.3) is 0 Å². The molecule has 1 unspecified atom stereocenters. The van der Waals surface area contributed by atoms with Gasteiger partial charge in [0.1, 0.15) is 0 Å². The second-order valence-corrected chi connectivity index (χ2v) is 5.39. The van der Waals surface area contributed by atoms with Crippen LogP contribution >= 0.6 is 0 Å². The van der Waals surface area contributed by atoms with Crippen LogP contribution in [0.2, 0.25) is 0 Å². The first-order valence-corrected chi connectivity index (χ1v) is 7.23. The topological polar surface area (TPSA) is 80.4 Å². The molecule has 0 aromatic carbocycles. The molecule has 0 saturated carbocycles. The smallest absolute Gasteiger partial charge is 0.422 e. The number of aliphatic hydroxyl groups excluding tert-OH is 2. The van der Waals surface area contributed by atoms with E-state index in [1.54, 1.807) is 29.9 Å². The fourth-order valence-electron chi connectivity index (χ4n) is 2.16. The highest BCUT2D eigenvalue weighted by atomic mass is 19.4. The zero-order chi connectivity index (χ0) is 17.7. The molecule has 0 aliphatic rings. The summed E-state index contributed by atoms with van der Waals surface area (Å²) in [5.41, 5.74) is 1.95. The fraction of sp³-hybridized carbons (Fsp3) is 0.467. The summed E-state index contributed by atoms with van der Waals surface area (Å²) in [5, 5.41) is 22.6. The van der Waals surface area contributed by atoms with Crippen LogP contribution < -0.4 is 4.74 Å². The van der Waals surface area contributed by atoms with E-state index in [2.05, 4.69) is 14.8 Å². The number of ether oxygens (including phenoxy) is 1. The summed E-state index contributed by atoms with van der Waals surface area (Å²) < 4.78 is 42.8. The Hall–Kier alpha value is -2.13. The minimum Gasteiger partial charge on any atom is -0.468 e. The molecule has 9 heteroatoms. The quantitative estimate of drug-likeness (QED) is 0.794. The summed E-state index contributed by atoms with van der Waals surface area (Å²) in [4.78, 5) is 3.92. The van der Waals surface area contributed by atoms with E-state index in [1.165, 1.54) is 6.20 Å². The maximum atomic E-state index is 12.2. The fourth-order valence-corrected chi connectivity index (χ4v) is 2.16. The average Bonchev–Trinajstić information content (AvgIpc) is 2.92. The molecule has 0 saturated heterocycles. The molecule has 24 heavy (non-hydrogen) atoms. The first-order chi connectivity index (χ1) is 11.3. The predicted octanol–water partition coefficient (Wildman–Crippen LogP) is 1.47. The number of hydrogen-bond acceptors (Lipinski definition) is 5. The first-order valence-electron chi connectivity index (χ1n) is 7.23. The molecule has 0 bridgehead atoms. The van der Waals surface area contributed by atoms with Crippen molar-refractivity contribution in [1.82, 2.24) is 14.8 Å². The molecule has 0 aliphatic carbocycles. The van der Waals surface area contributed by atoms with Gasteiger partial charge in [0.15, 0.2) is 6.61 Å². The molecule has 0 fully saturated rings. The number of alkyl halides is 3. The molecule has 0 amide bonds. The van der Waals surface area contributed by atoms with Crippen LogP contribution in [-0.4, -0.2) is 50.5 Å². The summed E-state index contributed by atoms with van der Waals surface area (Å²) in [6, 6.07) is 3.40. The van der Waals surface area contributed by atoms with Gasteiger partial charge in [0.2, 0.25) is 5.88 Å². The van der Waals surface area contributed by atoms with Crippen LogP contribution in [-0.2, 0) is 13.0 Å². The number of rotatable bonds is 7. The minimum atomic E-state index is -4.41. The normalized spacial score (nSPS) is 13.1. The maximum Gasteiger partial charge on any atom is 0.422 e. The van der Waals surface area contributed by atoms with Gasteiger partial charge in [0.25, 0.3) is 0 Å². The molecule has 2 heterocycles. The van der Waals surface area contributed by atoms with E-state index in [9.17, 15) is 18.3 Å². The lowest BCUT2D eigenvalue weighted by atomic mass is 10.2. The van der Waals surface area contributed by atoms with Gasteiger partial charge in [-0.25, -0.2) is 4.98 Å². The highest BCUT2D eigenvalue weighted by Crippen LogP contribution is 2.21. The van der Waals surface area contributed by atoms with Crippen LogP contribution in [0.4, 0.5) is 13.2 Å². The zero-order valence-corrected chi connectivity index (χ0v) is 13.0. The Morgan fingerprint density at radius 1 is 1.38 bits per heavy atom. The van der Waals surface area contributed by atoms with Crippen LogP contribution in [0.3, 0.4) is 0 Å². The zero-order valence-electron chi connectivity index (χ0n) is 13.0. The second kappa shape index (κ2) is 7.63. The van der Waals surface area contributed by atoms with Gasteiger partial charge in [-0.15, -0.1) is 0 Å². The van der Waals surface area contributed by atoms with Gasteiger partial charge in [0.05, 0.1) is 19.3 Å². The Bertz CT molecular complexity index is 673. The lowest BCUT2D eigenvalue weighted by Crippen LogP contribution is -2.20. The Kier molecular flexibility index (Phi) is 5.79. The van der Waals surface area contributed by atoms with Gasteiger partial charge in [-0.1, -0.05) is 0 Å². The third kappa shape index (κ3) is 5.20. The van der Waals surface area contributed by atoms with E-state index in [4.69, 9.17) is 5.11 Å². The number of hydrogen-bond donors (Lipinski definition) is 2. The number of aliphatic hydroxyl groups is 2. The monoisotopic (exact) mass is 345 g/mol. The number of aromatic nitrogens is 3. The number of nitrogens with zero attached hydrogens (tertiary/aromatic N) is 3. The van der Waals surface area contributed by atoms with Crippen LogP contribution in [0, 0.1) is 6.92 Å². The summed E-state index contributed by atoms with van der Waals surface area (Å²) in [5.74, 6) is -0.0625. The van der Waals surface area contributed by atoms with E-state index in [-0.39, 0.29) is 18.9 Å². The van der Waals surface area contributed by atoms with Crippen molar-refractivity contribution in [2.45, 2.75) is 32.2 Å². The third-order valence-electron chi connectivity index (χ3n) is 3.25. The Morgan fingerprint density at radius 3 is 2.75 bits per heavy atom. The standard InChI is InChI=1S/C15H18F3N3O3/c1-10-4-11(6-19-14(10)24-9-15(16,17)18)7-21-12(2-3-20-21)5-13(23)8-22/h2-4,6,13,22-23H,5,7-9H2,1H3. The van der Waals surface area contributed by atoms with E-state index < -0.39 is 18.9 Å². The molecule has 0 aliphatic heterocycles. The van der Waals surface area contributed by atoms with Crippen molar-refractivity contribution in [1.29, 1.82) is 0 Å². The summed E-state index contributed by atoms with van der Waals surface area (Å²) in [7, 11) is 0. The van der Waals surface area contributed by atoms with Gasteiger partial charge in [-0.2, -0.15) is 18.3 Å². The van der Waals surface area contributed by atoms with Gasteiger partial charge in [-0.05, 0) is 24.6 Å². The van der Waals surface area contributed by atoms with Crippen molar-refractivity contribution in [2.75, 3.05) is 13.2 Å². The second-order valence-electron chi connectivity index (χ2n) is 5.39. The maximum absolute atomic E-state index is 12.2. The lowest BCUT2D eigenvalue weighted by molar-refractivity contribution is -0.154. The van der Waals surface area contributed by atoms with Gasteiger partial charge in [-0.3, -0.25) is 4.68 Å². The molecule has 2 N–H and O–H groups in total. The Balaban J connectivity index is 2.06. The first kappa shape index (κ1) is 18.2. The molecule has 6 nitrogen and oxygen atoms in total.